The maximum Gasteiger partial charge on any atom is 0.417 e. The molecule has 35 heavy (non-hydrogen) atoms. The number of nitrogens with one attached hydrogen (secondary N) is 1. The number of H-pyrrole nitrogens is 1. The number of aromatic nitrogens is 3. The summed E-state index contributed by atoms with van der Waals surface area (Å²) in [4.78, 5) is 22.3. The quantitative estimate of drug-likeness (QED) is 0.239. The largest absolute Gasteiger partial charge is 0.493 e. The van der Waals surface area contributed by atoms with Crippen molar-refractivity contribution in [1.82, 2.24) is 15.0 Å². The van der Waals surface area contributed by atoms with Crippen LogP contribution in [0, 0.1) is 11.2 Å². The lowest BCUT2D eigenvalue weighted by Gasteiger charge is -2.17. The molecule has 2 aromatic carbocycles. The van der Waals surface area contributed by atoms with Gasteiger partial charge in [0.05, 0.1) is 35.2 Å². The lowest BCUT2D eigenvalue weighted by molar-refractivity contribution is -0.137. The van der Waals surface area contributed by atoms with E-state index in [0.717, 1.165) is 30.0 Å². The molecule has 0 aliphatic rings. The van der Waals surface area contributed by atoms with E-state index < -0.39 is 28.5 Å². The van der Waals surface area contributed by atoms with Crippen LogP contribution in [0.15, 0.2) is 67.0 Å². The van der Waals surface area contributed by atoms with Crippen molar-refractivity contribution in [3.05, 3.63) is 78.4 Å². The number of carbonyl (C=O) groups is 1. The second kappa shape index (κ2) is 9.32. The van der Waals surface area contributed by atoms with Gasteiger partial charge in [-0.25, -0.2) is 9.37 Å². The first kappa shape index (κ1) is 24.1. The van der Waals surface area contributed by atoms with Gasteiger partial charge >= 0.3 is 6.18 Å². The number of benzene rings is 2. The van der Waals surface area contributed by atoms with Gasteiger partial charge in [-0.1, -0.05) is 6.07 Å². The van der Waals surface area contributed by atoms with Gasteiger partial charge in [-0.05, 0) is 62.4 Å². The first-order valence-corrected chi connectivity index (χ1v) is 10.6. The minimum atomic E-state index is -4.71. The van der Waals surface area contributed by atoms with Crippen molar-refractivity contribution in [2.45, 2.75) is 20.0 Å². The minimum absolute atomic E-state index is 0.0807. The molecule has 0 saturated heterocycles. The van der Waals surface area contributed by atoms with Crippen LogP contribution in [0.2, 0.25) is 0 Å². The summed E-state index contributed by atoms with van der Waals surface area (Å²) in [5.74, 6) is -0.114. The van der Waals surface area contributed by atoms with Crippen LogP contribution < -0.4 is 4.74 Å². The molecule has 180 valence electrons. The van der Waals surface area contributed by atoms with Gasteiger partial charge in [0.15, 0.2) is 0 Å². The summed E-state index contributed by atoms with van der Waals surface area (Å²) in [5.41, 5.74) is -0.314. The van der Waals surface area contributed by atoms with E-state index in [4.69, 9.17) is 4.74 Å². The highest BCUT2D eigenvalue weighted by molar-refractivity contribution is 5.69. The molecule has 4 aromatic rings. The van der Waals surface area contributed by atoms with Crippen LogP contribution in [-0.2, 0) is 11.0 Å². The Hall–Kier alpha value is -4.01. The number of carbonyl (C=O) groups excluding carboxylic acids is 1. The van der Waals surface area contributed by atoms with Gasteiger partial charge in [0.1, 0.15) is 23.7 Å². The summed E-state index contributed by atoms with van der Waals surface area (Å²) in [6, 6.07) is 13.5. The van der Waals surface area contributed by atoms with E-state index in [0.29, 0.717) is 17.0 Å². The highest BCUT2D eigenvalue weighted by Gasteiger charge is 2.35. The summed E-state index contributed by atoms with van der Waals surface area (Å²) < 4.78 is 60.0. The Morgan fingerprint density at radius 1 is 0.943 bits per heavy atom. The zero-order chi connectivity index (χ0) is 25.2. The molecule has 0 saturated carbocycles. The third-order valence-corrected chi connectivity index (χ3v) is 5.28. The topological polar surface area (TPSA) is 67.9 Å². The minimum Gasteiger partial charge on any atom is -0.493 e. The van der Waals surface area contributed by atoms with E-state index in [1.165, 1.54) is 12.4 Å². The van der Waals surface area contributed by atoms with E-state index in [2.05, 4.69) is 15.0 Å². The van der Waals surface area contributed by atoms with Crippen LogP contribution in [0.25, 0.3) is 33.9 Å². The van der Waals surface area contributed by atoms with Gasteiger partial charge in [-0.2, -0.15) is 13.2 Å². The van der Waals surface area contributed by atoms with Crippen molar-refractivity contribution in [2.75, 3.05) is 6.61 Å². The van der Waals surface area contributed by atoms with Crippen molar-refractivity contribution in [1.29, 1.82) is 0 Å². The first-order valence-electron chi connectivity index (χ1n) is 10.6. The fourth-order valence-electron chi connectivity index (χ4n) is 3.36. The van der Waals surface area contributed by atoms with Crippen molar-refractivity contribution < 1.29 is 27.1 Å². The number of rotatable bonds is 7. The van der Waals surface area contributed by atoms with E-state index in [1.54, 1.807) is 38.1 Å². The van der Waals surface area contributed by atoms with Crippen LogP contribution in [0.4, 0.5) is 17.6 Å². The molecular formula is C26H21F4N3O2. The van der Waals surface area contributed by atoms with Gasteiger partial charge in [0.2, 0.25) is 0 Å². The zero-order valence-electron chi connectivity index (χ0n) is 18.9. The number of nitrogens with zero attached hydrogens (tertiary/aromatic N) is 2. The predicted molar refractivity (Wildman–Crippen MR) is 123 cm³/mol. The molecule has 1 N–H and O–H groups in total. The number of aromatic amines is 1. The molecule has 0 spiro atoms. The van der Waals surface area contributed by atoms with Crippen molar-refractivity contribution >= 4 is 6.29 Å². The number of aldehydes is 1. The molecule has 0 amide bonds. The van der Waals surface area contributed by atoms with E-state index >= 15 is 0 Å². The molecule has 0 atom stereocenters. The number of alkyl halides is 3. The molecule has 2 aromatic heterocycles. The fraction of sp³-hybridized carbons (Fsp3) is 0.192. The Morgan fingerprint density at radius 3 is 2.29 bits per heavy atom. The summed E-state index contributed by atoms with van der Waals surface area (Å²) in [6.07, 6.45) is -1.17. The highest BCUT2D eigenvalue weighted by Crippen LogP contribution is 2.38. The molecule has 2 heterocycles. The monoisotopic (exact) mass is 483 g/mol. The first-order chi connectivity index (χ1) is 16.6. The number of ether oxygens (including phenoxy) is 1. The van der Waals surface area contributed by atoms with Crippen LogP contribution >= 0.6 is 0 Å². The molecule has 0 aliphatic carbocycles. The Labute approximate surface area is 198 Å². The van der Waals surface area contributed by atoms with Gasteiger partial charge < -0.3 is 14.5 Å². The smallest absolute Gasteiger partial charge is 0.417 e. The Balaban J connectivity index is 1.53. The average molecular weight is 483 g/mol. The molecule has 0 aliphatic heterocycles. The lowest BCUT2D eigenvalue weighted by Crippen LogP contribution is -2.22. The van der Waals surface area contributed by atoms with Gasteiger partial charge in [0.25, 0.3) is 0 Å². The maximum absolute atomic E-state index is 14.3. The number of halogens is 4. The van der Waals surface area contributed by atoms with Crippen molar-refractivity contribution in [2.24, 2.45) is 5.41 Å². The maximum atomic E-state index is 14.3. The second-order valence-electron chi connectivity index (χ2n) is 8.66. The SMILES string of the molecule is CC(C)(C=O)COc1ccc(-c2ccc(-c3ncc(-c4c(F)cccc4C(F)(F)F)[nH]3)cn2)cc1. The molecule has 5 nitrogen and oxygen atoms in total. The lowest BCUT2D eigenvalue weighted by atomic mass is 9.98. The second-order valence-corrected chi connectivity index (χ2v) is 8.66. The Kier molecular flexibility index (Phi) is 6.43. The van der Waals surface area contributed by atoms with E-state index in [1.807, 2.05) is 12.1 Å². The molecule has 4 rings (SSSR count). The molecule has 9 heteroatoms. The third-order valence-electron chi connectivity index (χ3n) is 5.28. The van der Waals surface area contributed by atoms with Crippen LogP contribution in [0.1, 0.15) is 19.4 Å². The van der Waals surface area contributed by atoms with Crippen LogP contribution in [0.5, 0.6) is 5.75 Å². The third kappa shape index (κ3) is 5.40. The Bertz CT molecular complexity index is 1330. The standard InChI is InChI=1S/C26H21F4N3O2/c1-25(2,14-34)15-35-18-9-6-16(7-10-18)21-11-8-17(12-31-21)24-32-13-22(33-24)23-19(26(28,29)30)4-3-5-20(23)27/h3-14H,15H2,1-2H3,(H,32,33). The molecule has 0 fully saturated rings. The number of imidazole rings is 1. The summed E-state index contributed by atoms with van der Waals surface area (Å²) >= 11 is 0. The predicted octanol–water partition coefficient (Wildman–Crippen LogP) is 6.57. The van der Waals surface area contributed by atoms with Gasteiger partial charge in [-0.15, -0.1) is 0 Å². The molecule has 0 bridgehead atoms. The van der Waals surface area contributed by atoms with E-state index in [9.17, 15) is 22.4 Å². The summed E-state index contributed by atoms with van der Waals surface area (Å²) in [7, 11) is 0. The van der Waals surface area contributed by atoms with Gasteiger partial charge in [-0.3, -0.25) is 4.98 Å². The number of hydrogen-bond acceptors (Lipinski definition) is 4. The fourth-order valence-corrected chi connectivity index (χ4v) is 3.36. The number of pyridine rings is 1. The van der Waals surface area contributed by atoms with Crippen molar-refractivity contribution in [3.63, 3.8) is 0 Å². The molecule has 0 radical (unpaired) electrons. The van der Waals surface area contributed by atoms with Crippen molar-refractivity contribution in [3.8, 4) is 39.7 Å². The highest BCUT2D eigenvalue weighted by atomic mass is 19.4. The number of hydrogen-bond donors (Lipinski definition) is 1. The van der Waals surface area contributed by atoms with Crippen LogP contribution in [0.3, 0.4) is 0 Å². The van der Waals surface area contributed by atoms with Gasteiger partial charge in [0, 0.05) is 22.9 Å². The zero-order valence-corrected chi connectivity index (χ0v) is 18.9. The molecule has 0 unspecified atom stereocenters. The normalized spacial score (nSPS) is 11.9. The average Bonchev–Trinajstić information content (AvgIpc) is 3.32. The van der Waals surface area contributed by atoms with E-state index in [-0.39, 0.29) is 18.1 Å². The summed E-state index contributed by atoms with van der Waals surface area (Å²) in [5, 5.41) is 0. The summed E-state index contributed by atoms with van der Waals surface area (Å²) in [6.45, 7) is 3.83. The Morgan fingerprint density at radius 2 is 1.66 bits per heavy atom. The molecular weight excluding hydrogens is 462 g/mol. The van der Waals surface area contributed by atoms with Crippen LogP contribution in [-0.4, -0.2) is 27.8 Å².